The standard InChI is InChI=1S/C12H18OSi/c1-12(13)10-8-6-5-7-9-11-14(2,3)4/h5-7H2,1-4H3. The number of hydrogen-bond donors (Lipinski definition) is 0. The van der Waals surface area contributed by atoms with Crippen molar-refractivity contribution in [1.29, 1.82) is 0 Å². The van der Waals surface area contributed by atoms with E-state index >= 15 is 0 Å². The third-order valence-electron chi connectivity index (χ3n) is 1.33. The molecule has 0 aliphatic carbocycles. The normalized spacial score (nSPS) is 9.43. The predicted octanol–water partition coefficient (Wildman–Crippen LogP) is 2.63. The first-order valence-electron chi connectivity index (χ1n) is 4.91. The van der Waals surface area contributed by atoms with Gasteiger partial charge in [0.2, 0.25) is 5.78 Å². The molecule has 0 aromatic heterocycles. The van der Waals surface area contributed by atoms with Gasteiger partial charge < -0.3 is 0 Å². The third-order valence-corrected chi connectivity index (χ3v) is 2.26. The molecule has 0 N–H and O–H groups in total. The number of Topliss-reactive ketones (excluding diaryl/α,β-unsaturated/α-hetero) is 1. The summed E-state index contributed by atoms with van der Waals surface area (Å²) < 4.78 is 0. The van der Waals surface area contributed by atoms with Gasteiger partial charge in [-0.3, -0.25) is 4.79 Å². The average Bonchev–Trinajstić information content (AvgIpc) is 2.00. The Kier molecular flexibility index (Phi) is 6.00. The predicted molar refractivity (Wildman–Crippen MR) is 63.4 cm³/mol. The molecule has 0 saturated heterocycles. The minimum atomic E-state index is -1.19. The van der Waals surface area contributed by atoms with Crippen LogP contribution in [0.15, 0.2) is 0 Å². The van der Waals surface area contributed by atoms with Crippen LogP contribution in [0.4, 0.5) is 0 Å². The van der Waals surface area contributed by atoms with E-state index in [0.717, 1.165) is 19.3 Å². The zero-order valence-electron chi connectivity index (χ0n) is 9.53. The Morgan fingerprint density at radius 3 is 2.21 bits per heavy atom. The van der Waals surface area contributed by atoms with Gasteiger partial charge in [0, 0.05) is 19.8 Å². The summed E-state index contributed by atoms with van der Waals surface area (Å²) in [4.78, 5) is 10.5. The second-order valence-electron chi connectivity index (χ2n) is 4.26. The van der Waals surface area contributed by atoms with Gasteiger partial charge in [-0.05, 0) is 12.3 Å². The lowest BCUT2D eigenvalue weighted by Crippen LogP contribution is -2.16. The van der Waals surface area contributed by atoms with Crippen LogP contribution < -0.4 is 0 Å². The molecule has 0 spiro atoms. The topological polar surface area (TPSA) is 17.1 Å². The van der Waals surface area contributed by atoms with Crippen molar-refractivity contribution in [1.82, 2.24) is 0 Å². The van der Waals surface area contributed by atoms with Crippen LogP contribution in [-0.2, 0) is 4.79 Å². The maximum atomic E-state index is 10.5. The summed E-state index contributed by atoms with van der Waals surface area (Å²) in [5, 5.41) is 0. The van der Waals surface area contributed by atoms with Gasteiger partial charge in [-0.2, -0.15) is 0 Å². The first-order valence-corrected chi connectivity index (χ1v) is 8.41. The SMILES string of the molecule is CC(=O)C#CCCCC#C[Si](C)(C)C. The summed E-state index contributed by atoms with van der Waals surface area (Å²) in [5.74, 6) is 8.47. The van der Waals surface area contributed by atoms with Crippen molar-refractivity contribution in [3.8, 4) is 23.3 Å². The number of carbonyl (C=O) groups excluding carboxylic acids is 1. The summed E-state index contributed by atoms with van der Waals surface area (Å²) >= 11 is 0. The van der Waals surface area contributed by atoms with Crippen LogP contribution in [0.1, 0.15) is 26.2 Å². The van der Waals surface area contributed by atoms with E-state index in [2.05, 4.69) is 42.9 Å². The fourth-order valence-corrected chi connectivity index (χ4v) is 1.44. The first-order chi connectivity index (χ1) is 6.42. The Labute approximate surface area is 88.3 Å². The summed E-state index contributed by atoms with van der Waals surface area (Å²) in [6.07, 6.45) is 2.65. The third kappa shape index (κ3) is 11.0. The lowest BCUT2D eigenvalue weighted by atomic mass is 10.2. The van der Waals surface area contributed by atoms with E-state index in [1.165, 1.54) is 6.92 Å². The number of carbonyl (C=O) groups is 1. The number of ketones is 1. The van der Waals surface area contributed by atoms with Crippen molar-refractivity contribution in [2.45, 2.75) is 45.8 Å². The molecule has 0 aliphatic heterocycles. The minimum absolute atomic E-state index is 0.0572. The largest absolute Gasteiger partial charge is 0.285 e. The number of hydrogen-bond acceptors (Lipinski definition) is 1. The van der Waals surface area contributed by atoms with E-state index in [4.69, 9.17) is 0 Å². The van der Waals surface area contributed by atoms with Gasteiger partial charge in [-0.15, -0.1) is 11.5 Å². The molecule has 14 heavy (non-hydrogen) atoms. The molecule has 0 aliphatic rings. The van der Waals surface area contributed by atoms with Gasteiger partial charge in [0.1, 0.15) is 8.07 Å². The van der Waals surface area contributed by atoms with Crippen LogP contribution in [0.25, 0.3) is 0 Å². The first kappa shape index (κ1) is 13.0. The van der Waals surface area contributed by atoms with Crippen molar-refractivity contribution in [3.63, 3.8) is 0 Å². The lowest BCUT2D eigenvalue weighted by Gasteiger charge is -2.02. The van der Waals surface area contributed by atoms with Crippen molar-refractivity contribution in [3.05, 3.63) is 0 Å². The van der Waals surface area contributed by atoms with Crippen molar-refractivity contribution >= 4 is 13.9 Å². The van der Waals surface area contributed by atoms with E-state index in [-0.39, 0.29) is 5.78 Å². The minimum Gasteiger partial charge on any atom is -0.285 e. The summed E-state index contributed by atoms with van der Waals surface area (Å²) in [5.41, 5.74) is 3.30. The molecule has 2 heteroatoms. The average molecular weight is 206 g/mol. The highest BCUT2D eigenvalue weighted by Crippen LogP contribution is 1.98. The van der Waals surface area contributed by atoms with E-state index in [1.54, 1.807) is 0 Å². The molecule has 0 heterocycles. The summed E-state index contributed by atoms with van der Waals surface area (Å²) in [6, 6.07) is 0. The molecule has 1 nitrogen and oxygen atoms in total. The molecular weight excluding hydrogens is 188 g/mol. The summed E-state index contributed by atoms with van der Waals surface area (Å²) in [7, 11) is -1.19. The maximum Gasteiger partial charge on any atom is 0.202 e. The van der Waals surface area contributed by atoms with Gasteiger partial charge in [-0.1, -0.05) is 25.6 Å². The van der Waals surface area contributed by atoms with E-state index in [0.29, 0.717) is 0 Å². The van der Waals surface area contributed by atoms with Crippen LogP contribution in [0.3, 0.4) is 0 Å². The molecule has 0 radical (unpaired) electrons. The second-order valence-corrected chi connectivity index (χ2v) is 9.01. The maximum absolute atomic E-state index is 10.5. The van der Waals surface area contributed by atoms with Crippen LogP contribution >= 0.6 is 0 Å². The van der Waals surface area contributed by atoms with Crippen LogP contribution in [0, 0.1) is 23.3 Å². The highest BCUT2D eigenvalue weighted by atomic mass is 28.3. The van der Waals surface area contributed by atoms with Crippen molar-refractivity contribution in [2.24, 2.45) is 0 Å². The second kappa shape index (κ2) is 6.46. The van der Waals surface area contributed by atoms with Crippen LogP contribution in [-0.4, -0.2) is 13.9 Å². The highest BCUT2D eigenvalue weighted by molar-refractivity contribution is 6.83. The molecule has 0 rings (SSSR count). The smallest absolute Gasteiger partial charge is 0.202 e. The fraction of sp³-hybridized carbons (Fsp3) is 0.583. The van der Waals surface area contributed by atoms with Gasteiger partial charge >= 0.3 is 0 Å². The summed E-state index contributed by atoms with van der Waals surface area (Å²) in [6.45, 7) is 8.18. The molecule has 76 valence electrons. The molecule has 0 saturated carbocycles. The van der Waals surface area contributed by atoms with Crippen molar-refractivity contribution in [2.75, 3.05) is 0 Å². The Bertz CT molecular complexity index is 301. The molecule has 0 amide bonds. The van der Waals surface area contributed by atoms with Crippen LogP contribution in [0.5, 0.6) is 0 Å². The number of unbranched alkanes of at least 4 members (excludes halogenated alkanes) is 2. The Morgan fingerprint density at radius 2 is 1.71 bits per heavy atom. The fourth-order valence-electron chi connectivity index (χ4n) is 0.780. The quantitative estimate of drug-likeness (QED) is 0.294. The zero-order chi connectivity index (χ0) is 11.0. The molecule has 0 bridgehead atoms. The lowest BCUT2D eigenvalue weighted by molar-refractivity contribution is -0.111. The van der Waals surface area contributed by atoms with E-state index in [1.807, 2.05) is 0 Å². The van der Waals surface area contributed by atoms with Gasteiger partial charge in [0.05, 0.1) is 0 Å². The van der Waals surface area contributed by atoms with Crippen molar-refractivity contribution < 1.29 is 4.79 Å². The van der Waals surface area contributed by atoms with Gasteiger partial charge in [0.15, 0.2) is 0 Å². The molecule has 0 atom stereocenters. The van der Waals surface area contributed by atoms with E-state index < -0.39 is 8.07 Å². The Balaban J connectivity index is 3.62. The molecule has 0 fully saturated rings. The van der Waals surface area contributed by atoms with Crippen LogP contribution in [0.2, 0.25) is 19.6 Å². The molecular formula is C12H18OSi. The van der Waals surface area contributed by atoms with Gasteiger partial charge in [0.25, 0.3) is 0 Å². The van der Waals surface area contributed by atoms with Gasteiger partial charge in [-0.25, -0.2) is 0 Å². The molecule has 0 aromatic carbocycles. The Morgan fingerprint density at radius 1 is 1.14 bits per heavy atom. The molecule has 0 unspecified atom stereocenters. The van der Waals surface area contributed by atoms with E-state index in [9.17, 15) is 4.79 Å². The zero-order valence-corrected chi connectivity index (χ0v) is 10.5. The number of rotatable bonds is 2. The highest BCUT2D eigenvalue weighted by Gasteiger charge is 2.06. The Hall–Kier alpha value is -0.993. The monoisotopic (exact) mass is 206 g/mol. The molecule has 0 aromatic rings.